The molecule has 4 rings (SSSR count). The number of hydrogen-bond acceptors (Lipinski definition) is 6. The second-order valence-corrected chi connectivity index (χ2v) is 8.46. The molecule has 0 aromatic heterocycles. The van der Waals surface area contributed by atoms with Gasteiger partial charge in [-0.2, -0.15) is 0 Å². The number of aromatic hydroxyl groups is 1. The van der Waals surface area contributed by atoms with Gasteiger partial charge in [0.15, 0.2) is 0 Å². The number of rotatable bonds is 5. The molecule has 0 aliphatic carbocycles. The fraction of sp³-hybridized carbons (Fsp3) is 0.304. The molecule has 0 saturated carbocycles. The Morgan fingerprint density at radius 1 is 1.06 bits per heavy atom. The Morgan fingerprint density at radius 3 is 2.45 bits per heavy atom. The van der Waals surface area contributed by atoms with E-state index < -0.39 is 17.7 Å². The summed E-state index contributed by atoms with van der Waals surface area (Å²) in [6.45, 7) is 3.71. The molecule has 0 radical (unpaired) electrons. The van der Waals surface area contributed by atoms with Crippen LogP contribution in [0, 0.1) is 0 Å². The number of benzene rings is 2. The minimum Gasteiger partial charge on any atom is -0.508 e. The van der Waals surface area contributed by atoms with Gasteiger partial charge in [0, 0.05) is 36.2 Å². The normalized spacial score (nSPS) is 21.6. The Balaban J connectivity index is 1.73. The first-order chi connectivity index (χ1) is 15.0. The number of hydrogen-bond donors (Lipinski definition) is 2. The molecule has 1 amide bonds. The van der Waals surface area contributed by atoms with Crippen molar-refractivity contribution in [1.82, 2.24) is 9.80 Å². The highest BCUT2D eigenvalue weighted by Crippen LogP contribution is 2.40. The van der Waals surface area contributed by atoms with Crippen molar-refractivity contribution >= 4 is 33.4 Å². The summed E-state index contributed by atoms with van der Waals surface area (Å²) in [5, 5.41) is 21.0. The third kappa shape index (κ3) is 4.51. The Labute approximate surface area is 188 Å². The van der Waals surface area contributed by atoms with E-state index in [-0.39, 0.29) is 17.1 Å². The van der Waals surface area contributed by atoms with Crippen molar-refractivity contribution in [2.45, 2.75) is 6.04 Å². The molecule has 0 bridgehead atoms. The Bertz CT molecular complexity index is 1010. The molecule has 8 heteroatoms. The molecule has 162 valence electrons. The van der Waals surface area contributed by atoms with Crippen molar-refractivity contribution in [1.29, 1.82) is 0 Å². The molecule has 2 heterocycles. The highest BCUT2D eigenvalue weighted by molar-refractivity contribution is 9.10. The molecular formula is C23H23BrN2O5. The first-order valence-corrected chi connectivity index (χ1v) is 10.9. The van der Waals surface area contributed by atoms with E-state index in [0.717, 1.165) is 17.6 Å². The summed E-state index contributed by atoms with van der Waals surface area (Å²) in [5.74, 6) is -1.58. The van der Waals surface area contributed by atoms with Crippen molar-refractivity contribution < 1.29 is 24.5 Å². The van der Waals surface area contributed by atoms with Gasteiger partial charge in [-0.25, -0.2) is 0 Å². The zero-order valence-corrected chi connectivity index (χ0v) is 18.4. The topological polar surface area (TPSA) is 90.3 Å². The number of phenols is 1. The van der Waals surface area contributed by atoms with Gasteiger partial charge >= 0.3 is 0 Å². The number of phenolic OH excluding ortho intramolecular Hbond substituents is 1. The molecule has 2 fully saturated rings. The molecule has 2 saturated heterocycles. The van der Waals surface area contributed by atoms with E-state index in [1.165, 1.54) is 17.0 Å². The zero-order valence-electron chi connectivity index (χ0n) is 16.8. The lowest BCUT2D eigenvalue weighted by Gasteiger charge is -2.31. The zero-order chi connectivity index (χ0) is 22.0. The molecular weight excluding hydrogens is 464 g/mol. The number of likely N-dealkylation sites (tertiary alicyclic amines) is 1. The Hall–Kier alpha value is -2.68. The van der Waals surface area contributed by atoms with Crippen LogP contribution >= 0.6 is 15.9 Å². The van der Waals surface area contributed by atoms with Crippen LogP contribution in [-0.4, -0.2) is 71.1 Å². The van der Waals surface area contributed by atoms with Gasteiger partial charge < -0.3 is 19.8 Å². The van der Waals surface area contributed by atoms with Crippen LogP contribution in [0.2, 0.25) is 0 Å². The summed E-state index contributed by atoms with van der Waals surface area (Å²) < 4.78 is 6.20. The predicted molar refractivity (Wildman–Crippen MR) is 119 cm³/mol. The molecule has 2 aliphatic rings. The number of morpholine rings is 1. The van der Waals surface area contributed by atoms with Crippen LogP contribution in [0.3, 0.4) is 0 Å². The lowest BCUT2D eigenvalue weighted by Crippen LogP contribution is -2.42. The average Bonchev–Trinajstić information content (AvgIpc) is 3.03. The van der Waals surface area contributed by atoms with Crippen molar-refractivity contribution in [2.24, 2.45) is 0 Å². The minimum atomic E-state index is -0.781. The number of Topliss-reactive ketones (excluding diaryl/α,β-unsaturated/α-hetero) is 1. The third-order valence-corrected chi connectivity index (χ3v) is 6.13. The van der Waals surface area contributed by atoms with E-state index in [9.17, 15) is 19.8 Å². The number of nitrogens with zero attached hydrogens (tertiary/aromatic N) is 2. The van der Waals surface area contributed by atoms with Gasteiger partial charge in [0.1, 0.15) is 11.5 Å². The molecule has 31 heavy (non-hydrogen) atoms. The van der Waals surface area contributed by atoms with Crippen LogP contribution in [0.4, 0.5) is 0 Å². The predicted octanol–water partition coefficient (Wildman–Crippen LogP) is 2.91. The number of aliphatic hydroxyl groups excluding tert-OH is 1. The molecule has 2 aromatic rings. The smallest absolute Gasteiger partial charge is 0.295 e. The SMILES string of the molecule is O=C1C(=O)N(CCN2CCOCC2)C(c2cccc(O)c2)/C1=C(\O)c1ccc(Br)cc1. The number of halogens is 1. The van der Waals surface area contributed by atoms with E-state index in [2.05, 4.69) is 20.8 Å². The van der Waals surface area contributed by atoms with E-state index in [1.54, 1.807) is 36.4 Å². The van der Waals surface area contributed by atoms with Gasteiger partial charge in [0.2, 0.25) is 0 Å². The number of amides is 1. The second kappa shape index (κ2) is 9.21. The monoisotopic (exact) mass is 486 g/mol. The number of carbonyl (C=O) groups is 2. The summed E-state index contributed by atoms with van der Waals surface area (Å²) in [4.78, 5) is 29.6. The molecule has 0 spiro atoms. The van der Waals surface area contributed by atoms with Gasteiger partial charge in [0.05, 0.1) is 24.8 Å². The molecule has 2 aliphatic heterocycles. The van der Waals surface area contributed by atoms with Gasteiger partial charge in [-0.15, -0.1) is 0 Å². The first-order valence-electron chi connectivity index (χ1n) is 10.1. The summed E-state index contributed by atoms with van der Waals surface area (Å²) >= 11 is 3.36. The van der Waals surface area contributed by atoms with E-state index in [1.807, 2.05) is 0 Å². The largest absolute Gasteiger partial charge is 0.508 e. The highest BCUT2D eigenvalue weighted by Gasteiger charge is 2.46. The molecule has 1 atom stereocenters. The van der Waals surface area contributed by atoms with Crippen molar-refractivity contribution in [3.05, 3.63) is 69.7 Å². The third-order valence-electron chi connectivity index (χ3n) is 5.60. The number of carbonyl (C=O) groups excluding carboxylic acids is 2. The van der Waals surface area contributed by atoms with E-state index in [0.29, 0.717) is 37.4 Å². The van der Waals surface area contributed by atoms with Crippen LogP contribution in [0.15, 0.2) is 58.6 Å². The van der Waals surface area contributed by atoms with Crippen LogP contribution in [0.5, 0.6) is 5.75 Å². The standard InChI is InChI=1S/C23H23BrN2O5/c24-17-6-4-15(5-7-17)21(28)19-20(16-2-1-3-18(27)14-16)26(23(30)22(19)29)9-8-25-10-12-31-13-11-25/h1-7,14,20,27-28H,8-13H2/b21-19+. The van der Waals surface area contributed by atoms with Crippen molar-refractivity contribution in [3.8, 4) is 5.75 Å². The van der Waals surface area contributed by atoms with Crippen LogP contribution in [0.25, 0.3) is 5.76 Å². The van der Waals surface area contributed by atoms with E-state index >= 15 is 0 Å². The first kappa shape index (κ1) is 21.5. The average molecular weight is 487 g/mol. The molecule has 1 unspecified atom stereocenters. The quantitative estimate of drug-likeness (QED) is 0.383. The minimum absolute atomic E-state index is 0.0277. The van der Waals surface area contributed by atoms with Crippen molar-refractivity contribution in [2.75, 3.05) is 39.4 Å². The lowest BCUT2D eigenvalue weighted by atomic mass is 9.95. The Morgan fingerprint density at radius 2 is 1.77 bits per heavy atom. The summed E-state index contributed by atoms with van der Waals surface area (Å²) in [6.07, 6.45) is 0. The number of ether oxygens (including phenoxy) is 1. The van der Waals surface area contributed by atoms with Crippen LogP contribution < -0.4 is 0 Å². The molecule has 2 aromatic carbocycles. The van der Waals surface area contributed by atoms with Gasteiger partial charge in [-0.05, 0) is 29.8 Å². The van der Waals surface area contributed by atoms with Gasteiger partial charge in [-0.1, -0.05) is 40.2 Å². The summed E-state index contributed by atoms with van der Waals surface area (Å²) in [5.41, 5.74) is 1.04. The number of ketones is 1. The Kier molecular flexibility index (Phi) is 6.41. The van der Waals surface area contributed by atoms with Crippen molar-refractivity contribution in [3.63, 3.8) is 0 Å². The van der Waals surface area contributed by atoms with Gasteiger partial charge in [0.25, 0.3) is 11.7 Å². The summed E-state index contributed by atoms with van der Waals surface area (Å²) in [7, 11) is 0. The molecule has 2 N–H and O–H groups in total. The van der Waals surface area contributed by atoms with E-state index in [4.69, 9.17) is 4.74 Å². The second-order valence-electron chi connectivity index (χ2n) is 7.55. The van der Waals surface area contributed by atoms with Gasteiger partial charge in [-0.3, -0.25) is 14.5 Å². The lowest BCUT2D eigenvalue weighted by molar-refractivity contribution is -0.140. The maximum atomic E-state index is 13.0. The highest BCUT2D eigenvalue weighted by atomic mass is 79.9. The fourth-order valence-electron chi connectivity index (χ4n) is 3.99. The fourth-order valence-corrected chi connectivity index (χ4v) is 4.25. The summed E-state index contributed by atoms with van der Waals surface area (Å²) in [6, 6.07) is 12.5. The van der Waals surface area contributed by atoms with Crippen LogP contribution in [-0.2, 0) is 14.3 Å². The number of aliphatic hydroxyl groups is 1. The van der Waals surface area contributed by atoms with Crippen LogP contribution in [0.1, 0.15) is 17.2 Å². The maximum Gasteiger partial charge on any atom is 0.295 e. The molecule has 7 nitrogen and oxygen atoms in total. The maximum absolute atomic E-state index is 13.0.